The number of hydrogen-bond acceptors (Lipinski definition) is 5. The fourth-order valence-electron chi connectivity index (χ4n) is 4.01. The number of hydrogen-bond donors (Lipinski definition) is 0. The SMILES string of the molecule is COc1cc(/C=C2\SC(=O)N(Cc3ccc(Br)cc3)C2=O)cc(Br)c1OCc1ccc2ccccc2c1. The molecule has 0 aromatic heterocycles. The van der Waals surface area contributed by atoms with E-state index < -0.39 is 0 Å². The number of carbonyl (C=O) groups is 2. The monoisotopic (exact) mass is 637 g/mol. The van der Waals surface area contributed by atoms with E-state index in [1.54, 1.807) is 19.3 Å². The predicted molar refractivity (Wildman–Crippen MR) is 155 cm³/mol. The normalized spacial score (nSPS) is 14.6. The molecule has 0 aliphatic carbocycles. The van der Waals surface area contributed by atoms with Gasteiger partial charge in [-0.1, -0.05) is 64.5 Å². The Kier molecular flexibility index (Phi) is 7.69. The Bertz CT molecular complexity index is 1540. The molecule has 37 heavy (non-hydrogen) atoms. The minimum Gasteiger partial charge on any atom is -0.493 e. The Morgan fingerprint density at radius 3 is 2.38 bits per heavy atom. The van der Waals surface area contributed by atoms with Gasteiger partial charge in [-0.3, -0.25) is 14.5 Å². The van der Waals surface area contributed by atoms with Crippen LogP contribution in [0.3, 0.4) is 0 Å². The molecule has 0 radical (unpaired) electrons. The summed E-state index contributed by atoms with van der Waals surface area (Å²) in [4.78, 5) is 27.2. The quantitative estimate of drug-likeness (QED) is 0.191. The molecule has 0 spiro atoms. The number of halogens is 2. The molecule has 1 fully saturated rings. The van der Waals surface area contributed by atoms with Gasteiger partial charge in [0.2, 0.25) is 0 Å². The number of rotatable bonds is 7. The van der Waals surface area contributed by atoms with E-state index in [0.717, 1.165) is 38.3 Å². The second-order valence-corrected chi connectivity index (χ2v) is 11.2. The molecule has 5 rings (SSSR count). The van der Waals surface area contributed by atoms with Crippen molar-refractivity contribution in [1.29, 1.82) is 0 Å². The third-order valence-electron chi connectivity index (χ3n) is 5.87. The summed E-state index contributed by atoms with van der Waals surface area (Å²) < 4.78 is 13.3. The topological polar surface area (TPSA) is 55.8 Å². The van der Waals surface area contributed by atoms with E-state index in [1.807, 2.05) is 48.5 Å². The minimum atomic E-state index is -0.315. The van der Waals surface area contributed by atoms with Crippen molar-refractivity contribution < 1.29 is 19.1 Å². The lowest BCUT2D eigenvalue weighted by molar-refractivity contribution is -0.123. The summed E-state index contributed by atoms with van der Waals surface area (Å²) in [6.07, 6.45) is 1.70. The lowest BCUT2D eigenvalue weighted by Crippen LogP contribution is -2.27. The molecular formula is C29H21Br2NO4S. The molecule has 4 aromatic rings. The fraction of sp³-hybridized carbons (Fsp3) is 0.103. The van der Waals surface area contributed by atoms with Crippen molar-refractivity contribution >= 4 is 71.6 Å². The maximum absolute atomic E-state index is 13.0. The molecule has 0 bridgehead atoms. The van der Waals surface area contributed by atoms with E-state index in [2.05, 4.69) is 56.1 Å². The van der Waals surface area contributed by atoms with Gasteiger partial charge in [0.05, 0.1) is 23.0 Å². The molecule has 5 nitrogen and oxygen atoms in total. The molecule has 4 aromatic carbocycles. The first-order chi connectivity index (χ1) is 17.9. The third-order valence-corrected chi connectivity index (χ3v) is 7.90. The number of amides is 2. The Morgan fingerprint density at radius 2 is 1.62 bits per heavy atom. The number of fused-ring (bicyclic) bond motifs is 1. The van der Waals surface area contributed by atoms with Gasteiger partial charge in [-0.25, -0.2) is 0 Å². The maximum atomic E-state index is 13.0. The lowest BCUT2D eigenvalue weighted by Gasteiger charge is -2.14. The molecule has 1 aliphatic rings. The minimum absolute atomic E-state index is 0.226. The third kappa shape index (κ3) is 5.76. The van der Waals surface area contributed by atoms with E-state index in [4.69, 9.17) is 9.47 Å². The predicted octanol–water partition coefficient (Wildman–Crippen LogP) is 8.19. The number of benzene rings is 4. The molecule has 0 N–H and O–H groups in total. The zero-order valence-electron chi connectivity index (χ0n) is 19.7. The first kappa shape index (κ1) is 25.6. The van der Waals surface area contributed by atoms with Crippen molar-refractivity contribution in [3.63, 3.8) is 0 Å². The van der Waals surface area contributed by atoms with Crippen molar-refractivity contribution in [2.75, 3.05) is 7.11 Å². The van der Waals surface area contributed by atoms with E-state index in [9.17, 15) is 9.59 Å². The van der Waals surface area contributed by atoms with Crippen LogP contribution in [0.25, 0.3) is 16.8 Å². The van der Waals surface area contributed by atoms with Crippen molar-refractivity contribution in [2.24, 2.45) is 0 Å². The van der Waals surface area contributed by atoms with Crippen LogP contribution in [0.1, 0.15) is 16.7 Å². The smallest absolute Gasteiger partial charge is 0.293 e. The molecule has 1 heterocycles. The van der Waals surface area contributed by atoms with Crippen LogP contribution >= 0.6 is 43.6 Å². The molecular weight excluding hydrogens is 618 g/mol. The number of carbonyl (C=O) groups excluding carboxylic acids is 2. The van der Waals surface area contributed by atoms with Crippen molar-refractivity contribution in [3.05, 3.63) is 109 Å². The highest BCUT2D eigenvalue weighted by Gasteiger charge is 2.35. The molecule has 0 atom stereocenters. The lowest BCUT2D eigenvalue weighted by atomic mass is 10.1. The fourth-order valence-corrected chi connectivity index (χ4v) is 5.68. The molecule has 0 unspecified atom stereocenters. The van der Waals surface area contributed by atoms with Gasteiger partial charge in [0.1, 0.15) is 6.61 Å². The standard InChI is InChI=1S/C29H21Br2NO4S/c1-35-25-14-20(15-26-28(33)32(29(34)37-26)16-18-7-10-23(30)11-8-18)13-24(31)27(25)36-17-19-6-9-21-4-2-3-5-22(21)12-19/h2-15H,16-17H2,1H3/b26-15-. The van der Waals surface area contributed by atoms with E-state index in [-0.39, 0.29) is 17.7 Å². The van der Waals surface area contributed by atoms with Gasteiger partial charge in [-0.2, -0.15) is 0 Å². The average molecular weight is 639 g/mol. The van der Waals surface area contributed by atoms with Crippen molar-refractivity contribution in [3.8, 4) is 11.5 Å². The Balaban J connectivity index is 1.33. The van der Waals surface area contributed by atoms with Gasteiger partial charge in [0.25, 0.3) is 11.1 Å². The zero-order chi connectivity index (χ0) is 25.9. The highest BCUT2D eigenvalue weighted by Crippen LogP contribution is 2.40. The van der Waals surface area contributed by atoms with Gasteiger partial charge in [-0.15, -0.1) is 0 Å². The van der Waals surface area contributed by atoms with Gasteiger partial charge in [0, 0.05) is 4.47 Å². The maximum Gasteiger partial charge on any atom is 0.293 e. The van der Waals surface area contributed by atoms with Crippen LogP contribution in [-0.4, -0.2) is 23.2 Å². The van der Waals surface area contributed by atoms with E-state index in [0.29, 0.717) is 27.5 Å². The second-order valence-electron chi connectivity index (χ2n) is 8.40. The molecule has 1 aliphatic heterocycles. The molecule has 186 valence electrons. The van der Waals surface area contributed by atoms with Crippen LogP contribution in [-0.2, 0) is 17.9 Å². The van der Waals surface area contributed by atoms with Crippen LogP contribution in [0.5, 0.6) is 11.5 Å². The van der Waals surface area contributed by atoms with Crippen LogP contribution in [0.15, 0.2) is 92.7 Å². The largest absolute Gasteiger partial charge is 0.493 e. The zero-order valence-corrected chi connectivity index (χ0v) is 23.7. The Labute approximate surface area is 235 Å². The van der Waals surface area contributed by atoms with E-state index >= 15 is 0 Å². The van der Waals surface area contributed by atoms with Gasteiger partial charge >= 0.3 is 0 Å². The van der Waals surface area contributed by atoms with Crippen molar-refractivity contribution in [2.45, 2.75) is 13.2 Å². The summed E-state index contributed by atoms with van der Waals surface area (Å²) in [6.45, 7) is 0.595. The summed E-state index contributed by atoms with van der Waals surface area (Å²) in [7, 11) is 1.57. The second kappa shape index (κ2) is 11.1. The van der Waals surface area contributed by atoms with Crippen LogP contribution in [0.2, 0.25) is 0 Å². The van der Waals surface area contributed by atoms with Gasteiger partial charge in [-0.05, 0) is 91.6 Å². The van der Waals surface area contributed by atoms with Gasteiger partial charge in [0.15, 0.2) is 11.5 Å². The van der Waals surface area contributed by atoms with Gasteiger partial charge < -0.3 is 9.47 Å². The summed E-state index contributed by atoms with van der Waals surface area (Å²) in [6, 6.07) is 25.6. The van der Waals surface area contributed by atoms with Crippen LogP contribution in [0, 0.1) is 0 Å². The number of methoxy groups -OCH3 is 1. The first-order valence-electron chi connectivity index (χ1n) is 11.4. The highest BCUT2D eigenvalue weighted by molar-refractivity contribution is 9.10. The summed E-state index contributed by atoms with van der Waals surface area (Å²) >= 11 is 7.91. The van der Waals surface area contributed by atoms with Crippen LogP contribution < -0.4 is 9.47 Å². The summed E-state index contributed by atoms with van der Waals surface area (Å²) in [5, 5.41) is 2.04. The van der Waals surface area contributed by atoms with Crippen LogP contribution in [0.4, 0.5) is 4.79 Å². The average Bonchev–Trinajstić information content (AvgIpc) is 3.16. The molecule has 2 amide bonds. The number of thioether (sulfide) groups is 1. The molecule has 1 saturated heterocycles. The highest BCUT2D eigenvalue weighted by atomic mass is 79.9. The summed E-state index contributed by atoms with van der Waals surface area (Å²) in [5.41, 5.74) is 2.64. The molecule has 8 heteroatoms. The van der Waals surface area contributed by atoms with Crippen molar-refractivity contribution in [1.82, 2.24) is 4.90 Å². The summed E-state index contributed by atoms with van der Waals surface area (Å²) in [5.74, 6) is 0.774. The number of imide groups is 1. The number of ether oxygens (including phenoxy) is 2. The van der Waals surface area contributed by atoms with E-state index in [1.165, 1.54) is 10.3 Å². The Morgan fingerprint density at radius 1 is 0.892 bits per heavy atom. The number of nitrogens with zero attached hydrogens (tertiary/aromatic N) is 1. The Hall–Kier alpha value is -3.07. The first-order valence-corrected chi connectivity index (χ1v) is 13.8. The molecule has 0 saturated carbocycles.